The van der Waals surface area contributed by atoms with E-state index in [2.05, 4.69) is 5.32 Å². The number of hydrogen-bond acceptors (Lipinski definition) is 5. The van der Waals surface area contributed by atoms with Crippen LogP contribution in [-0.2, 0) is 16.0 Å². The minimum absolute atomic E-state index is 0.224. The first-order chi connectivity index (χ1) is 12.5. The average Bonchev–Trinajstić information content (AvgIpc) is 2.67. The molecule has 0 aliphatic carbocycles. The molecule has 0 radical (unpaired) electrons. The van der Waals surface area contributed by atoms with Crippen LogP contribution in [0.1, 0.15) is 15.9 Å². The Kier molecular flexibility index (Phi) is 7.29. The molecule has 7 heteroatoms. The van der Waals surface area contributed by atoms with E-state index in [1.165, 1.54) is 26.4 Å². The number of carbonyl (C=O) groups excluding carboxylic acids is 2. The number of nitrogens with one attached hydrogen (secondary N) is 1. The van der Waals surface area contributed by atoms with Crippen molar-refractivity contribution in [2.45, 2.75) is 6.42 Å². The predicted molar refractivity (Wildman–Crippen MR) is 98.0 cm³/mol. The third kappa shape index (κ3) is 5.67. The van der Waals surface area contributed by atoms with Gasteiger partial charge in [-0.05, 0) is 36.2 Å². The van der Waals surface area contributed by atoms with Crippen molar-refractivity contribution in [1.29, 1.82) is 0 Å². The number of benzene rings is 2. The summed E-state index contributed by atoms with van der Waals surface area (Å²) < 4.78 is 15.3. The van der Waals surface area contributed by atoms with Crippen molar-refractivity contribution in [3.05, 3.63) is 58.6 Å². The van der Waals surface area contributed by atoms with Crippen LogP contribution in [0.3, 0.4) is 0 Å². The van der Waals surface area contributed by atoms with Crippen LogP contribution in [0, 0.1) is 0 Å². The number of rotatable bonds is 8. The third-order valence-electron chi connectivity index (χ3n) is 3.60. The van der Waals surface area contributed by atoms with E-state index in [9.17, 15) is 9.59 Å². The Morgan fingerprint density at radius 2 is 1.81 bits per heavy atom. The van der Waals surface area contributed by atoms with Gasteiger partial charge in [0.1, 0.15) is 17.1 Å². The first-order valence-corrected chi connectivity index (χ1v) is 8.31. The van der Waals surface area contributed by atoms with Crippen molar-refractivity contribution in [2.24, 2.45) is 0 Å². The van der Waals surface area contributed by atoms with E-state index in [1.807, 2.05) is 12.1 Å². The molecule has 138 valence electrons. The van der Waals surface area contributed by atoms with Crippen molar-refractivity contribution in [1.82, 2.24) is 5.32 Å². The lowest BCUT2D eigenvalue weighted by atomic mass is 10.1. The number of hydrogen-bond donors (Lipinski definition) is 1. The van der Waals surface area contributed by atoms with Gasteiger partial charge in [-0.2, -0.15) is 0 Å². The zero-order valence-electron chi connectivity index (χ0n) is 14.6. The van der Waals surface area contributed by atoms with Crippen LogP contribution >= 0.6 is 11.6 Å². The lowest BCUT2D eigenvalue weighted by molar-refractivity contribution is -0.123. The van der Waals surface area contributed by atoms with Crippen molar-refractivity contribution >= 4 is 23.5 Å². The van der Waals surface area contributed by atoms with Crippen LogP contribution in [0.25, 0.3) is 0 Å². The molecule has 26 heavy (non-hydrogen) atoms. The molecular formula is C19H20ClNO5. The van der Waals surface area contributed by atoms with Gasteiger partial charge >= 0.3 is 5.97 Å². The molecule has 0 fully saturated rings. The summed E-state index contributed by atoms with van der Waals surface area (Å²) in [7, 11) is 2.78. The Labute approximate surface area is 157 Å². The summed E-state index contributed by atoms with van der Waals surface area (Å²) >= 11 is 5.83. The van der Waals surface area contributed by atoms with E-state index < -0.39 is 5.97 Å². The van der Waals surface area contributed by atoms with Gasteiger partial charge in [0.2, 0.25) is 0 Å². The SMILES string of the molecule is COC(=O)c1ccc(OC)cc1OCC(=O)NCCc1ccc(Cl)cc1. The molecule has 2 aromatic carbocycles. The maximum absolute atomic E-state index is 12.0. The number of halogens is 1. The van der Waals surface area contributed by atoms with Crippen molar-refractivity contribution in [2.75, 3.05) is 27.4 Å². The highest BCUT2D eigenvalue weighted by atomic mass is 35.5. The predicted octanol–water partition coefficient (Wildman–Crippen LogP) is 2.87. The van der Waals surface area contributed by atoms with Gasteiger partial charge < -0.3 is 19.5 Å². The topological polar surface area (TPSA) is 73.9 Å². The summed E-state index contributed by atoms with van der Waals surface area (Å²) in [5, 5.41) is 3.44. The maximum atomic E-state index is 12.0. The summed E-state index contributed by atoms with van der Waals surface area (Å²) in [6.07, 6.45) is 0.676. The van der Waals surface area contributed by atoms with Crippen LogP contribution in [0.4, 0.5) is 0 Å². The number of ether oxygens (including phenoxy) is 3. The normalized spacial score (nSPS) is 10.1. The van der Waals surface area contributed by atoms with Crippen molar-refractivity contribution < 1.29 is 23.8 Å². The molecule has 0 aliphatic heterocycles. The summed E-state index contributed by atoms with van der Waals surface area (Å²) in [5.74, 6) is -0.108. The van der Waals surface area contributed by atoms with Crippen LogP contribution in [0.5, 0.6) is 11.5 Å². The second kappa shape index (κ2) is 9.68. The molecule has 0 heterocycles. The first-order valence-electron chi connectivity index (χ1n) is 7.93. The molecule has 0 spiro atoms. The van der Waals surface area contributed by atoms with Crippen molar-refractivity contribution in [3.8, 4) is 11.5 Å². The molecule has 1 N–H and O–H groups in total. The average molecular weight is 378 g/mol. The summed E-state index contributed by atoms with van der Waals surface area (Å²) in [6.45, 7) is 0.240. The molecule has 2 rings (SSSR count). The second-order valence-corrected chi connectivity index (χ2v) is 5.81. The minimum atomic E-state index is -0.550. The smallest absolute Gasteiger partial charge is 0.341 e. The molecule has 6 nitrogen and oxygen atoms in total. The molecule has 0 aliphatic rings. The van der Waals surface area contributed by atoms with Crippen LogP contribution in [-0.4, -0.2) is 39.2 Å². The summed E-state index contributed by atoms with van der Waals surface area (Å²) in [6, 6.07) is 12.1. The lowest BCUT2D eigenvalue weighted by Gasteiger charge is -2.12. The van der Waals surface area contributed by atoms with Crippen LogP contribution in [0.2, 0.25) is 5.02 Å². The van der Waals surface area contributed by atoms with Crippen molar-refractivity contribution in [3.63, 3.8) is 0 Å². The monoisotopic (exact) mass is 377 g/mol. The van der Waals surface area contributed by atoms with Crippen LogP contribution in [0.15, 0.2) is 42.5 Å². The summed E-state index contributed by atoms with van der Waals surface area (Å²) in [5.41, 5.74) is 1.29. The number of carbonyl (C=O) groups is 2. The number of methoxy groups -OCH3 is 2. The molecule has 0 aromatic heterocycles. The van der Waals surface area contributed by atoms with Gasteiger partial charge in [0.05, 0.1) is 14.2 Å². The highest BCUT2D eigenvalue weighted by Gasteiger charge is 2.15. The summed E-state index contributed by atoms with van der Waals surface area (Å²) in [4.78, 5) is 23.7. The number of esters is 1. The zero-order chi connectivity index (χ0) is 18.9. The van der Waals surface area contributed by atoms with Gasteiger partial charge in [-0.3, -0.25) is 4.79 Å². The lowest BCUT2D eigenvalue weighted by Crippen LogP contribution is -2.30. The van der Waals surface area contributed by atoms with Gasteiger partial charge in [-0.25, -0.2) is 4.79 Å². The third-order valence-corrected chi connectivity index (χ3v) is 3.85. The standard InChI is InChI=1S/C19H20ClNO5/c1-24-15-7-8-16(19(23)25-2)17(11-15)26-12-18(22)21-10-9-13-3-5-14(20)6-4-13/h3-8,11H,9-10,12H2,1-2H3,(H,21,22). The number of amides is 1. The first kappa shape index (κ1) is 19.6. The van der Waals surface area contributed by atoms with Gasteiger partial charge in [0, 0.05) is 17.6 Å². The van der Waals surface area contributed by atoms with E-state index in [4.69, 9.17) is 25.8 Å². The maximum Gasteiger partial charge on any atom is 0.341 e. The second-order valence-electron chi connectivity index (χ2n) is 5.37. The van der Waals surface area contributed by atoms with E-state index >= 15 is 0 Å². The minimum Gasteiger partial charge on any atom is -0.497 e. The molecule has 0 saturated carbocycles. The van der Waals surface area contributed by atoms with Gasteiger partial charge in [0.25, 0.3) is 5.91 Å². The van der Waals surface area contributed by atoms with E-state index in [-0.39, 0.29) is 23.8 Å². The fraction of sp³-hybridized carbons (Fsp3) is 0.263. The molecule has 1 amide bonds. The van der Waals surface area contributed by atoms with E-state index in [1.54, 1.807) is 18.2 Å². The Hall–Kier alpha value is -2.73. The van der Waals surface area contributed by atoms with Gasteiger partial charge in [0.15, 0.2) is 6.61 Å². The quantitative estimate of drug-likeness (QED) is 0.716. The molecule has 0 unspecified atom stereocenters. The largest absolute Gasteiger partial charge is 0.497 e. The van der Waals surface area contributed by atoms with Gasteiger partial charge in [-0.1, -0.05) is 23.7 Å². The molecule has 2 aromatic rings. The van der Waals surface area contributed by atoms with Crippen LogP contribution < -0.4 is 14.8 Å². The van der Waals surface area contributed by atoms with E-state index in [0.29, 0.717) is 23.7 Å². The fourth-order valence-electron chi connectivity index (χ4n) is 2.22. The fourth-order valence-corrected chi connectivity index (χ4v) is 2.35. The molecule has 0 saturated heterocycles. The molecule has 0 atom stereocenters. The molecular weight excluding hydrogens is 358 g/mol. The molecule has 0 bridgehead atoms. The Morgan fingerprint density at radius 1 is 1.08 bits per heavy atom. The Balaban J connectivity index is 1.88. The highest BCUT2D eigenvalue weighted by molar-refractivity contribution is 6.30. The highest BCUT2D eigenvalue weighted by Crippen LogP contribution is 2.25. The Bertz CT molecular complexity index is 761. The van der Waals surface area contributed by atoms with E-state index in [0.717, 1.165) is 5.56 Å². The van der Waals surface area contributed by atoms with Gasteiger partial charge in [-0.15, -0.1) is 0 Å². The Morgan fingerprint density at radius 3 is 2.46 bits per heavy atom. The zero-order valence-corrected chi connectivity index (χ0v) is 15.3.